The Hall–Kier alpha value is -5.10. The number of aromatic nitrogens is 4. The van der Waals surface area contributed by atoms with Crippen molar-refractivity contribution in [1.82, 2.24) is 24.7 Å². The van der Waals surface area contributed by atoms with Gasteiger partial charge in [-0.2, -0.15) is 0 Å². The number of hydrogen-bond donors (Lipinski definition) is 3. The number of esters is 1. The fourth-order valence-electron chi connectivity index (χ4n) is 4.55. The molecule has 1 aliphatic rings. The molecule has 0 saturated heterocycles. The van der Waals surface area contributed by atoms with E-state index in [4.69, 9.17) is 10.2 Å². The van der Waals surface area contributed by atoms with E-state index in [-0.39, 0.29) is 43.1 Å². The van der Waals surface area contributed by atoms with Crippen LogP contribution in [0.2, 0.25) is 0 Å². The molecule has 0 fully saturated rings. The lowest BCUT2D eigenvalue weighted by Crippen LogP contribution is -2.25. The van der Waals surface area contributed by atoms with Crippen molar-refractivity contribution in [2.75, 3.05) is 7.11 Å². The lowest BCUT2D eigenvalue weighted by molar-refractivity contribution is 0.0599. The molecule has 0 spiro atoms. The summed E-state index contributed by atoms with van der Waals surface area (Å²) >= 11 is 0. The predicted molar refractivity (Wildman–Crippen MR) is 150 cm³/mol. The fourth-order valence-corrected chi connectivity index (χ4v) is 4.55. The normalized spacial score (nSPS) is 13.6. The van der Waals surface area contributed by atoms with Crippen LogP contribution >= 0.6 is 0 Å². The van der Waals surface area contributed by atoms with Crippen LogP contribution in [0.15, 0.2) is 59.3 Å². The maximum atomic E-state index is 12.4. The van der Waals surface area contributed by atoms with Gasteiger partial charge in [0.2, 0.25) is 5.78 Å². The Labute approximate surface area is 235 Å². The van der Waals surface area contributed by atoms with Crippen LogP contribution in [0.25, 0.3) is 16.9 Å². The summed E-state index contributed by atoms with van der Waals surface area (Å²) in [5.74, 6) is -1.23. The molecule has 12 nitrogen and oxygen atoms in total. The first-order valence-electron chi connectivity index (χ1n) is 12.4. The quantitative estimate of drug-likeness (QED) is 0.269. The van der Waals surface area contributed by atoms with Gasteiger partial charge in [0.1, 0.15) is 16.9 Å². The number of benzene rings is 2. The number of hydrogen-bond acceptors (Lipinski definition) is 9. The summed E-state index contributed by atoms with van der Waals surface area (Å²) in [6, 6.07) is 12.4. The molecule has 12 heteroatoms. The van der Waals surface area contributed by atoms with Crippen molar-refractivity contribution in [1.29, 1.82) is 0 Å². The van der Waals surface area contributed by atoms with Gasteiger partial charge < -0.3 is 25.3 Å². The first-order chi connectivity index (χ1) is 19.2. The molecular weight excluding hydrogens is 528 g/mol. The fraction of sp³-hybridized carbons (Fsp3) is 0.241. The second-order valence-corrected chi connectivity index (χ2v) is 9.20. The van der Waals surface area contributed by atoms with E-state index in [1.807, 2.05) is 24.3 Å². The Balaban J connectivity index is 0.000000219. The SMILES string of the molecule is C.COC(=O)c1ccc2c(c1)CC[C@@H]2N.Cc1nc2cc(CNC(=O)c3cc(C(=O)O)n4ccnc4n3)ccc2o1. The molecule has 6 rings (SSSR count). The molecule has 1 atom stereocenters. The number of imidazole rings is 1. The smallest absolute Gasteiger partial charge is 0.353 e. The van der Waals surface area contributed by atoms with Gasteiger partial charge >= 0.3 is 11.9 Å². The number of carboxylic acid groups (broad SMARTS) is 1. The molecule has 0 aliphatic heterocycles. The lowest BCUT2D eigenvalue weighted by Gasteiger charge is -2.07. The van der Waals surface area contributed by atoms with Gasteiger partial charge in [-0.1, -0.05) is 19.6 Å². The largest absolute Gasteiger partial charge is 0.477 e. The number of amides is 1. The highest BCUT2D eigenvalue weighted by atomic mass is 16.5. The van der Waals surface area contributed by atoms with Crippen LogP contribution in [0, 0.1) is 6.92 Å². The Morgan fingerprint density at radius 2 is 1.98 bits per heavy atom. The molecule has 0 bridgehead atoms. The number of carboxylic acids is 1. The Morgan fingerprint density at radius 1 is 1.17 bits per heavy atom. The van der Waals surface area contributed by atoms with E-state index in [0.29, 0.717) is 22.6 Å². The Kier molecular flexibility index (Phi) is 8.43. The highest BCUT2D eigenvalue weighted by molar-refractivity contribution is 5.96. The third-order valence-electron chi connectivity index (χ3n) is 6.53. The minimum atomic E-state index is -1.17. The number of oxazole rings is 1. The molecule has 41 heavy (non-hydrogen) atoms. The standard InChI is InChI=1S/C17H13N5O4.C11H13NO2.CH4/c1-9-20-11-6-10(2-3-14(11)26-9)8-19-15(23)12-7-13(16(24)25)22-5-4-18-17(22)21-12;1-14-11(13)8-2-4-9-7(6-8)3-5-10(9)12;/h2-7H,8H2,1H3,(H,19,23)(H,24,25);2,4,6,10H,3,5,12H2,1H3;1H4/t;10-;/m.0./s1. The first-order valence-corrected chi connectivity index (χ1v) is 12.4. The van der Waals surface area contributed by atoms with Crippen molar-refractivity contribution in [3.8, 4) is 0 Å². The second-order valence-electron chi connectivity index (χ2n) is 9.20. The van der Waals surface area contributed by atoms with Crippen LogP contribution in [0.4, 0.5) is 0 Å². The summed E-state index contributed by atoms with van der Waals surface area (Å²) in [5, 5.41) is 12.0. The summed E-state index contributed by atoms with van der Waals surface area (Å²) in [6.45, 7) is 2.00. The average Bonchev–Trinajstić information content (AvgIpc) is 3.68. The van der Waals surface area contributed by atoms with Gasteiger partial charge in [-0.15, -0.1) is 0 Å². The van der Waals surface area contributed by atoms with Crippen molar-refractivity contribution < 1.29 is 28.6 Å². The topological polar surface area (TPSA) is 175 Å². The average molecular weight is 559 g/mol. The number of nitrogens with zero attached hydrogens (tertiary/aromatic N) is 4. The summed E-state index contributed by atoms with van der Waals surface area (Å²) < 4.78 is 11.4. The van der Waals surface area contributed by atoms with Gasteiger partial charge in [-0.25, -0.2) is 24.5 Å². The zero-order valence-electron chi connectivity index (χ0n) is 21.7. The third kappa shape index (κ3) is 6.07. The number of ether oxygens (including phenoxy) is 1. The van der Waals surface area contributed by atoms with Crippen molar-refractivity contribution in [2.45, 2.75) is 39.8 Å². The Morgan fingerprint density at radius 3 is 2.73 bits per heavy atom. The van der Waals surface area contributed by atoms with Crippen molar-refractivity contribution in [3.05, 3.63) is 94.4 Å². The first kappa shape index (κ1) is 28.9. The molecule has 0 unspecified atom stereocenters. The molecule has 0 saturated carbocycles. The minimum absolute atomic E-state index is 0. The number of methoxy groups -OCH3 is 1. The molecular formula is C29H30N6O6. The van der Waals surface area contributed by atoms with Crippen molar-refractivity contribution >= 4 is 34.7 Å². The van der Waals surface area contributed by atoms with Gasteiger partial charge in [0.25, 0.3) is 5.91 Å². The number of aryl methyl sites for hydroxylation is 2. The number of carbonyl (C=O) groups excluding carboxylic acids is 2. The zero-order chi connectivity index (χ0) is 28.4. The Bertz CT molecular complexity index is 1760. The number of nitrogens with two attached hydrogens (primary N) is 1. The van der Waals surface area contributed by atoms with Gasteiger partial charge in [0, 0.05) is 38.0 Å². The molecule has 2 aromatic carbocycles. The number of carbonyl (C=O) groups is 3. The molecule has 3 heterocycles. The van der Waals surface area contributed by atoms with E-state index >= 15 is 0 Å². The maximum Gasteiger partial charge on any atom is 0.353 e. The van der Waals surface area contributed by atoms with Gasteiger partial charge in [0.15, 0.2) is 11.5 Å². The number of rotatable bonds is 5. The molecule has 5 aromatic rings. The van der Waals surface area contributed by atoms with Crippen LogP contribution in [0.5, 0.6) is 0 Å². The summed E-state index contributed by atoms with van der Waals surface area (Å²) in [6.07, 6.45) is 4.83. The minimum Gasteiger partial charge on any atom is -0.477 e. The van der Waals surface area contributed by atoms with E-state index in [1.54, 1.807) is 19.1 Å². The van der Waals surface area contributed by atoms with E-state index in [2.05, 4.69) is 25.0 Å². The molecule has 1 amide bonds. The number of aromatic carboxylic acids is 1. The number of nitrogens with one attached hydrogen (secondary N) is 1. The highest BCUT2D eigenvalue weighted by Crippen LogP contribution is 2.29. The highest BCUT2D eigenvalue weighted by Gasteiger charge is 2.20. The monoisotopic (exact) mass is 558 g/mol. The molecule has 4 N–H and O–H groups in total. The molecule has 1 aliphatic carbocycles. The lowest BCUT2D eigenvalue weighted by atomic mass is 10.1. The summed E-state index contributed by atoms with van der Waals surface area (Å²) in [7, 11) is 1.39. The van der Waals surface area contributed by atoms with Crippen LogP contribution < -0.4 is 11.1 Å². The van der Waals surface area contributed by atoms with E-state index in [9.17, 15) is 19.5 Å². The molecule has 0 radical (unpaired) electrons. The van der Waals surface area contributed by atoms with E-state index in [1.165, 1.54) is 35.5 Å². The van der Waals surface area contributed by atoms with Crippen LogP contribution in [-0.4, -0.2) is 49.4 Å². The summed E-state index contributed by atoms with van der Waals surface area (Å²) in [4.78, 5) is 47.3. The van der Waals surface area contributed by atoms with Gasteiger partial charge in [0.05, 0.1) is 12.7 Å². The van der Waals surface area contributed by atoms with E-state index < -0.39 is 11.9 Å². The third-order valence-corrected chi connectivity index (χ3v) is 6.53. The number of fused-ring (bicyclic) bond motifs is 3. The molecule has 212 valence electrons. The predicted octanol–water partition coefficient (Wildman–Crippen LogP) is 3.86. The molecule has 3 aromatic heterocycles. The van der Waals surface area contributed by atoms with Crippen LogP contribution in [0.1, 0.15) is 73.8 Å². The van der Waals surface area contributed by atoms with Gasteiger partial charge in [-0.3, -0.25) is 9.20 Å². The zero-order valence-corrected chi connectivity index (χ0v) is 21.7. The van der Waals surface area contributed by atoms with Gasteiger partial charge in [-0.05, 0) is 53.8 Å². The summed E-state index contributed by atoms with van der Waals surface area (Å²) in [5.41, 5.74) is 11.0. The second kappa shape index (κ2) is 12.0. The van der Waals surface area contributed by atoms with Crippen molar-refractivity contribution in [2.24, 2.45) is 5.73 Å². The van der Waals surface area contributed by atoms with Crippen LogP contribution in [-0.2, 0) is 17.7 Å². The van der Waals surface area contributed by atoms with E-state index in [0.717, 1.165) is 24.0 Å². The van der Waals surface area contributed by atoms with Crippen LogP contribution in [0.3, 0.4) is 0 Å². The maximum absolute atomic E-state index is 12.4. The van der Waals surface area contributed by atoms with Crippen molar-refractivity contribution in [3.63, 3.8) is 0 Å².